The van der Waals surface area contributed by atoms with Crippen molar-refractivity contribution in [3.63, 3.8) is 0 Å². The van der Waals surface area contributed by atoms with Crippen LogP contribution in [0.15, 0.2) is 24.3 Å². The fourth-order valence-electron chi connectivity index (χ4n) is 6.37. The number of carbonyl (C=O) groups excluding carboxylic acids is 2. The SMILES string of the molecule is CCOC(=O)c1ccc(NC(=O)C23C[C@H]4C[C@@H](C2)CC(n2nnc(C)n2)(C4)C3)cc1. The average Bonchev–Trinajstić information content (AvgIpc) is 3.15. The Morgan fingerprint density at radius 2 is 1.87 bits per heavy atom. The monoisotopic (exact) mass is 409 g/mol. The number of aryl methyl sites for hydroxylation is 1. The highest BCUT2D eigenvalue weighted by molar-refractivity contribution is 5.96. The molecule has 4 aliphatic carbocycles. The molecule has 4 bridgehead atoms. The van der Waals surface area contributed by atoms with E-state index in [1.54, 1.807) is 36.0 Å². The van der Waals surface area contributed by atoms with Gasteiger partial charge in [-0.3, -0.25) is 4.79 Å². The number of rotatable bonds is 5. The number of nitrogens with zero attached hydrogens (tertiary/aromatic N) is 4. The van der Waals surface area contributed by atoms with Crippen LogP contribution in [0.4, 0.5) is 5.69 Å². The first-order valence-corrected chi connectivity index (χ1v) is 10.8. The van der Waals surface area contributed by atoms with E-state index in [2.05, 4.69) is 20.7 Å². The predicted octanol–water partition coefficient (Wildman–Crippen LogP) is 3.09. The summed E-state index contributed by atoms with van der Waals surface area (Å²) in [4.78, 5) is 27.1. The van der Waals surface area contributed by atoms with Gasteiger partial charge >= 0.3 is 5.97 Å². The lowest BCUT2D eigenvalue weighted by atomic mass is 9.46. The Balaban J connectivity index is 1.37. The van der Waals surface area contributed by atoms with E-state index in [1.807, 2.05) is 6.92 Å². The maximum absolute atomic E-state index is 13.5. The van der Waals surface area contributed by atoms with Gasteiger partial charge in [0.2, 0.25) is 5.91 Å². The van der Waals surface area contributed by atoms with Crippen molar-refractivity contribution in [1.29, 1.82) is 0 Å². The van der Waals surface area contributed by atoms with Crippen molar-refractivity contribution in [3.8, 4) is 0 Å². The number of ether oxygens (including phenoxy) is 1. The molecule has 4 fully saturated rings. The zero-order chi connectivity index (χ0) is 20.9. The largest absolute Gasteiger partial charge is 0.462 e. The van der Waals surface area contributed by atoms with E-state index >= 15 is 0 Å². The second-order valence-electron chi connectivity index (χ2n) is 9.34. The van der Waals surface area contributed by atoms with Crippen LogP contribution < -0.4 is 5.32 Å². The van der Waals surface area contributed by atoms with Gasteiger partial charge in [0.1, 0.15) is 0 Å². The number of esters is 1. The van der Waals surface area contributed by atoms with Crippen LogP contribution in [0.1, 0.15) is 61.6 Å². The van der Waals surface area contributed by atoms with E-state index in [-0.39, 0.29) is 17.4 Å². The van der Waals surface area contributed by atoms with E-state index < -0.39 is 5.41 Å². The fourth-order valence-corrected chi connectivity index (χ4v) is 6.37. The van der Waals surface area contributed by atoms with Crippen molar-refractivity contribution < 1.29 is 14.3 Å². The molecule has 1 N–H and O–H groups in total. The van der Waals surface area contributed by atoms with E-state index in [4.69, 9.17) is 4.74 Å². The Hall–Kier alpha value is -2.77. The zero-order valence-electron chi connectivity index (χ0n) is 17.4. The van der Waals surface area contributed by atoms with Crippen molar-refractivity contribution in [1.82, 2.24) is 20.2 Å². The van der Waals surface area contributed by atoms with Gasteiger partial charge < -0.3 is 10.1 Å². The Morgan fingerprint density at radius 3 is 2.47 bits per heavy atom. The normalized spacial score (nSPS) is 31.5. The molecule has 0 spiro atoms. The molecule has 4 saturated carbocycles. The van der Waals surface area contributed by atoms with Crippen LogP contribution in [0.2, 0.25) is 0 Å². The van der Waals surface area contributed by atoms with Crippen LogP contribution >= 0.6 is 0 Å². The molecule has 4 aliphatic rings. The third-order valence-corrected chi connectivity index (χ3v) is 7.10. The second-order valence-corrected chi connectivity index (χ2v) is 9.34. The molecule has 0 saturated heterocycles. The van der Waals surface area contributed by atoms with Crippen molar-refractivity contribution >= 4 is 17.6 Å². The minimum absolute atomic E-state index is 0.0710. The maximum atomic E-state index is 13.5. The number of tetrazole rings is 1. The minimum atomic E-state index is -0.397. The van der Waals surface area contributed by atoms with Gasteiger partial charge in [0.05, 0.1) is 23.1 Å². The summed E-state index contributed by atoms with van der Waals surface area (Å²) in [5, 5.41) is 16.1. The molecule has 1 aromatic heterocycles. The number of anilines is 1. The maximum Gasteiger partial charge on any atom is 0.338 e. The minimum Gasteiger partial charge on any atom is -0.462 e. The molecule has 8 nitrogen and oxygen atoms in total. The van der Waals surface area contributed by atoms with Crippen molar-refractivity contribution in [2.75, 3.05) is 11.9 Å². The third kappa shape index (κ3) is 3.09. The summed E-state index contributed by atoms with van der Waals surface area (Å²) in [6.45, 7) is 3.97. The number of aromatic nitrogens is 4. The summed E-state index contributed by atoms with van der Waals surface area (Å²) in [6.07, 6.45) is 5.86. The number of nitrogens with one attached hydrogen (secondary N) is 1. The summed E-state index contributed by atoms with van der Waals surface area (Å²) in [6, 6.07) is 6.92. The molecule has 30 heavy (non-hydrogen) atoms. The quantitative estimate of drug-likeness (QED) is 0.762. The lowest BCUT2D eigenvalue weighted by Crippen LogP contribution is -2.60. The second kappa shape index (κ2) is 6.89. The van der Waals surface area contributed by atoms with Crippen LogP contribution in [-0.4, -0.2) is 38.7 Å². The molecule has 6 rings (SSSR count). The molecule has 2 unspecified atom stereocenters. The lowest BCUT2D eigenvalue weighted by Gasteiger charge is -2.60. The van der Waals surface area contributed by atoms with Crippen molar-refractivity contribution in [3.05, 3.63) is 35.7 Å². The van der Waals surface area contributed by atoms with E-state index in [1.165, 1.54) is 6.42 Å². The first-order chi connectivity index (χ1) is 14.4. The first kappa shape index (κ1) is 19.2. The standard InChI is InChI=1S/C22H27N5O3/c1-3-30-19(28)17-4-6-18(7-5-17)23-20(29)21-9-15-8-16(10-21)12-22(11-15,13-21)27-25-14(2)24-26-27/h4-7,15-16H,3,8-13H2,1-2H3,(H,23,29)/t15-,16+,21?,22?. The third-order valence-electron chi connectivity index (χ3n) is 7.10. The van der Waals surface area contributed by atoms with E-state index in [9.17, 15) is 9.59 Å². The topological polar surface area (TPSA) is 99.0 Å². The number of hydrogen-bond acceptors (Lipinski definition) is 6. The molecule has 4 atom stereocenters. The molecular weight excluding hydrogens is 382 g/mol. The van der Waals surface area contributed by atoms with Gasteiger partial charge in [-0.2, -0.15) is 4.80 Å². The van der Waals surface area contributed by atoms with Gasteiger partial charge in [-0.15, -0.1) is 10.2 Å². The van der Waals surface area contributed by atoms with Gasteiger partial charge in [0.25, 0.3) is 0 Å². The van der Waals surface area contributed by atoms with Gasteiger partial charge in [0.15, 0.2) is 5.82 Å². The molecule has 8 heteroatoms. The van der Waals surface area contributed by atoms with Gasteiger partial charge in [-0.05, 0) is 93.7 Å². The van der Waals surface area contributed by atoms with Crippen molar-refractivity contribution in [2.24, 2.45) is 17.3 Å². The Bertz CT molecular complexity index is 969. The van der Waals surface area contributed by atoms with Crippen LogP contribution in [0.25, 0.3) is 0 Å². The predicted molar refractivity (Wildman–Crippen MR) is 109 cm³/mol. The Labute approximate surface area is 175 Å². The van der Waals surface area contributed by atoms with Crippen molar-refractivity contribution in [2.45, 2.75) is 57.9 Å². The number of amides is 1. The van der Waals surface area contributed by atoms with E-state index in [0.717, 1.165) is 32.1 Å². The molecule has 158 valence electrons. The summed E-state index contributed by atoms with van der Waals surface area (Å²) >= 11 is 0. The zero-order valence-corrected chi connectivity index (χ0v) is 17.4. The molecule has 0 radical (unpaired) electrons. The molecular formula is C22H27N5O3. The number of benzene rings is 1. The molecule has 0 aliphatic heterocycles. The Kier molecular flexibility index (Phi) is 4.41. The summed E-state index contributed by atoms with van der Waals surface area (Å²) < 4.78 is 5.02. The fraction of sp³-hybridized carbons (Fsp3) is 0.591. The van der Waals surface area contributed by atoms with E-state index in [0.29, 0.717) is 35.5 Å². The average molecular weight is 409 g/mol. The molecule has 2 aromatic rings. The summed E-state index contributed by atoms with van der Waals surface area (Å²) in [5.74, 6) is 1.44. The summed E-state index contributed by atoms with van der Waals surface area (Å²) in [7, 11) is 0. The van der Waals surface area contributed by atoms with Crippen LogP contribution in [0.5, 0.6) is 0 Å². The Morgan fingerprint density at radius 1 is 1.17 bits per heavy atom. The van der Waals surface area contributed by atoms with Gasteiger partial charge in [-0.25, -0.2) is 4.79 Å². The molecule has 1 aromatic carbocycles. The first-order valence-electron chi connectivity index (χ1n) is 10.8. The lowest BCUT2D eigenvalue weighted by molar-refractivity contribution is -0.152. The van der Waals surface area contributed by atoms with Crippen LogP contribution in [0.3, 0.4) is 0 Å². The van der Waals surface area contributed by atoms with Gasteiger partial charge in [-0.1, -0.05) is 0 Å². The highest BCUT2D eigenvalue weighted by Crippen LogP contribution is 2.64. The number of carbonyl (C=O) groups is 2. The van der Waals surface area contributed by atoms with Crippen LogP contribution in [0, 0.1) is 24.2 Å². The smallest absolute Gasteiger partial charge is 0.338 e. The highest BCUT2D eigenvalue weighted by atomic mass is 16.5. The van der Waals surface area contributed by atoms with Gasteiger partial charge in [0, 0.05) is 5.69 Å². The summed E-state index contributed by atoms with van der Waals surface area (Å²) in [5.41, 5.74) is 0.589. The molecule has 1 amide bonds. The number of hydrogen-bond donors (Lipinski definition) is 1. The molecule has 1 heterocycles. The highest BCUT2D eigenvalue weighted by Gasteiger charge is 2.62. The van der Waals surface area contributed by atoms with Crippen LogP contribution in [-0.2, 0) is 15.1 Å².